The van der Waals surface area contributed by atoms with Gasteiger partial charge < -0.3 is 35.0 Å². The standard InChI is InChI=1S/C17H19N5O8S2.Na/c1-8(24)30-5-17(15(27)28)4-22-13(26)11(14(22)32-6-17)20-12(25)10(21-29-2)9-3-31-16(19-9)18-7-23;/h3,7,11,14H,4-6H2,1-2H3,(H,20,25)(H,27,28)(H,18,19,23);/q;+1/p-1/t11?,14-,17?;/m1./s1. The molecule has 0 saturated carbocycles. The average Bonchev–Trinajstić information content (AvgIpc) is 3.22. The monoisotopic (exact) mass is 507 g/mol. The van der Waals surface area contributed by atoms with Crippen LogP contribution in [-0.2, 0) is 33.5 Å². The van der Waals surface area contributed by atoms with E-state index in [2.05, 4.69) is 20.8 Å². The van der Waals surface area contributed by atoms with Gasteiger partial charge in [0.15, 0.2) is 10.8 Å². The molecule has 1 aromatic heterocycles. The number of aliphatic carboxylic acids is 1. The SMILES string of the molecule is CON=C(C(=O)NC1C(=O)N2CC(COC(C)=O)(C(=O)[O-])CS[C@H]12)c1csc(NC=O)n1.[Na+]. The molecule has 33 heavy (non-hydrogen) atoms. The molecule has 2 aliphatic rings. The van der Waals surface area contributed by atoms with Crippen LogP contribution < -0.4 is 45.3 Å². The molecular formula is C17H18N5NaO8S2. The first-order valence-corrected chi connectivity index (χ1v) is 11.0. The molecule has 0 spiro atoms. The molecule has 0 aromatic carbocycles. The van der Waals surface area contributed by atoms with E-state index in [1.807, 2.05) is 0 Å². The maximum absolute atomic E-state index is 12.7. The molecule has 2 aliphatic heterocycles. The Morgan fingerprint density at radius 1 is 1.45 bits per heavy atom. The number of hydrogen-bond acceptors (Lipinski definition) is 12. The number of carbonyl (C=O) groups is 5. The topological polar surface area (TPSA) is 179 Å². The maximum Gasteiger partial charge on any atom is 1.00 e. The van der Waals surface area contributed by atoms with Crippen LogP contribution in [0.1, 0.15) is 12.6 Å². The second kappa shape index (κ2) is 11.3. The summed E-state index contributed by atoms with van der Waals surface area (Å²) in [6, 6.07) is -0.922. The molecule has 2 N–H and O–H groups in total. The Morgan fingerprint density at radius 3 is 2.79 bits per heavy atom. The Kier molecular flexibility index (Phi) is 9.25. The van der Waals surface area contributed by atoms with Gasteiger partial charge in [0.1, 0.15) is 30.8 Å². The molecule has 2 saturated heterocycles. The Labute approximate surface area is 217 Å². The van der Waals surface area contributed by atoms with Crippen molar-refractivity contribution in [3.63, 3.8) is 0 Å². The van der Waals surface area contributed by atoms with Crippen LogP contribution in [0.25, 0.3) is 0 Å². The number of thioether (sulfide) groups is 1. The number of carbonyl (C=O) groups excluding carboxylic acids is 5. The molecule has 16 heteroatoms. The molecule has 3 rings (SSSR count). The van der Waals surface area contributed by atoms with Gasteiger partial charge >= 0.3 is 35.5 Å². The van der Waals surface area contributed by atoms with Crippen molar-refractivity contribution in [2.75, 3.05) is 31.3 Å². The maximum atomic E-state index is 12.7. The Balaban J connectivity index is 0.00000385. The van der Waals surface area contributed by atoms with Crippen LogP contribution in [0, 0.1) is 5.41 Å². The zero-order valence-electron chi connectivity index (χ0n) is 17.9. The van der Waals surface area contributed by atoms with Gasteiger partial charge in [-0.1, -0.05) is 5.16 Å². The summed E-state index contributed by atoms with van der Waals surface area (Å²) in [6.45, 7) is 0.524. The normalized spacial score (nSPS) is 23.9. The number of nitrogens with zero attached hydrogens (tertiary/aromatic N) is 3. The van der Waals surface area contributed by atoms with Gasteiger partial charge in [-0.25, -0.2) is 4.98 Å². The number of hydrogen-bond donors (Lipinski definition) is 2. The van der Waals surface area contributed by atoms with Gasteiger partial charge in [0.2, 0.25) is 12.3 Å². The third-order valence-corrected chi connectivity index (χ3v) is 7.10. The molecule has 3 amide bonds. The molecule has 0 aliphatic carbocycles. The van der Waals surface area contributed by atoms with Gasteiger partial charge in [0, 0.05) is 24.6 Å². The number of fused-ring (bicyclic) bond motifs is 1. The minimum atomic E-state index is -1.54. The molecular weight excluding hydrogens is 489 g/mol. The average molecular weight is 507 g/mol. The number of carboxylic acid groups (broad SMARTS) is 1. The van der Waals surface area contributed by atoms with Crippen molar-refractivity contribution in [1.82, 2.24) is 15.2 Å². The van der Waals surface area contributed by atoms with E-state index in [0.717, 1.165) is 30.0 Å². The minimum Gasteiger partial charge on any atom is -0.549 e. The number of amides is 3. The summed E-state index contributed by atoms with van der Waals surface area (Å²) in [7, 11) is 1.24. The van der Waals surface area contributed by atoms with Crippen molar-refractivity contribution in [3.8, 4) is 0 Å². The third kappa shape index (κ3) is 5.66. The molecule has 13 nitrogen and oxygen atoms in total. The number of anilines is 1. The van der Waals surface area contributed by atoms with Crippen LogP contribution in [0.3, 0.4) is 0 Å². The summed E-state index contributed by atoms with van der Waals surface area (Å²) in [5.74, 6) is -3.28. The molecule has 3 heterocycles. The van der Waals surface area contributed by atoms with Crippen molar-refractivity contribution in [2.45, 2.75) is 18.3 Å². The predicted octanol–water partition coefficient (Wildman–Crippen LogP) is -5.23. The predicted molar refractivity (Wildman–Crippen MR) is 109 cm³/mol. The number of esters is 1. The first-order chi connectivity index (χ1) is 15.2. The summed E-state index contributed by atoms with van der Waals surface area (Å²) in [4.78, 5) is 68.8. The molecule has 0 radical (unpaired) electrons. The zero-order chi connectivity index (χ0) is 23.5. The molecule has 3 atom stereocenters. The number of β-lactam (4-membered cyclic amide) rings is 1. The number of nitrogens with one attached hydrogen (secondary N) is 2. The fourth-order valence-corrected chi connectivity index (χ4v) is 5.31. The smallest absolute Gasteiger partial charge is 0.549 e. The van der Waals surface area contributed by atoms with Gasteiger partial charge in [-0.05, 0) is 0 Å². The molecule has 2 unspecified atom stereocenters. The van der Waals surface area contributed by atoms with Crippen LogP contribution in [0.15, 0.2) is 10.5 Å². The fourth-order valence-electron chi connectivity index (χ4n) is 3.14. The Bertz CT molecular complexity index is 988. The van der Waals surface area contributed by atoms with Crippen molar-refractivity contribution in [3.05, 3.63) is 11.1 Å². The zero-order valence-corrected chi connectivity index (χ0v) is 21.5. The largest absolute Gasteiger partial charge is 1.00 e. The number of carboxylic acids is 1. The summed E-state index contributed by atoms with van der Waals surface area (Å²) >= 11 is 2.20. The van der Waals surface area contributed by atoms with Crippen LogP contribution in [0.4, 0.5) is 5.13 Å². The number of oxime groups is 1. The van der Waals surface area contributed by atoms with Crippen molar-refractivity contribution in [1.29, 1.82) is 0 Å². The van der Waals surface area contributed by atoms with Gasteiger partial charge in [0.25, 0.3) is 5.91 Å². The molecule has 2 fully saturated rings. The first kappa shape index (κ1) is 27.0. The third-order valence-electron chi connectivity index (χ3n) is 4.74. The second-order valence-electron chi connectivity index (χ2n) is 6.89. The van der Waals surface area contributed by atoms with E-state index in [1.165, 1.54) is 17.4 Å². The summed E-state index contributed by atoms with van der Waals surface area (Å²) in [5.41, 5.74) is -1.60. The second-order valence-corrected chi connectivity index (χ2v) is 8.85. The molecule has 0 bridgehead atoms. The number of ether oxygens (including phenoxy) is 1. The van der Waals surface area contributed by atoms with Crippen LogP contribution in [-0.4, -0.2) is 83.2 Å². The quantitative estimate of drug-likeness (QED) is 0.0819. The van der Waals surface area contributed by atoms with E-state index in [9.17, 15) is 29.1 Å². The van der Waals surface area contributed by atoms with Crippen molar-refractivity contribution >= 4 is 64.1 Å². The van der Waals surface area contributed by atoms with Gasteiger partial charge in [-0.3, -0.25) is 19.2 Å². The summed E-state index contributed by atoms with van der Waals surface area (Å²) in [6.07, 6.45) is 0.436. The van der Waals surface area contributed by atoms with E-state index in [1.54, 1.807) is 0 Å². The molecule has 1 aromatic rings. The minimum absolute atomic E-state index is 0. The van der Waals surface area contributed by atoms with E-state index in [0.29, 0.717) is 6.41 Å². The number of rotatable bonds is 9. The summed E-state index contributed by atoms with van der Waals surface area (Å²) in [5, 5.41) is 21.5. The Hall–Kier alpha value is -2.20. The van der Waals surface area contributed by atoms with Gasteiger partial charge in [0.05, 0.1) is 11.4 Å². The van der Waals surface area contributed by atoms with Crippen LogP contribution in [0.2, 0.25) is 0 Å². The summed E-state index contributed by atoms with van der Waals surface area (Å²) < 4.78 is 4.86. The number of thiazole rings is 1. The van der Waals surface area contributed by atoms with Crippen LogP contribution in [0.5, 0.6) is 0 Å². The van der Waals surface area contributed by atoms with E-state index in [-0.39, 0.29) is 58.4 Å². The van der Waals surface area contributed by atoms with E-state index >= 15 is 0 Å². The van der Waals surface area contributed by atoms with E-state index < -0.39 is 47.2 Å². The molecule has 172 valence electrons. The van der Waals surface area contributed by atoms with E-state index in [4.69, 9.17) is 9.57 Å². The van der Waals surface area contributed by atoms with Crippen molar-refractivity contribution in [2.24, 2.45) is 10.6 Å². The Morgan fingerprint density at radius 2 is 2.18 bits per heavy atom. The van der Waals surface area contributed by atoms with Crippen molar-refractivity contribution < 1.29 is 68.2 Å². The van der Waals surface area contributed by atoms with Crippen LogP contribution >= 0.6 is 23.1 Å². The fraction of sp³-hybridized carbons (Fsp3) is 0.471. The number of aromatic nitrogens is 1. The van der Waals surface area contributed by atoms with Gasteiger partial charge in [-0.15, -0.1) is 23.1 Å². The first-order valence-electron chi connectivity index (χ1n) is 9.07. The van der Waals surface area contributed by atoms with Gasteiger partial charge in [-0.2, -0.15) is 0 Å².